The van der Waals surface area contributed by atoms with Gasteiger partial charge in [0.2, 0.25) is 17.7 Å². The van der Waals surface area contributed by atoms with Crippen molar-refractivity contribution >= 4 is 17.7 Å². The molecule has 1 N–H and O–H groups in total. The third-order valence-corrected chi connectivity index (χ3v) is 7.00. The van der Waals surface area contributed by atoms with Crippen LogP contribution in [0.3, 0.4) is 0 Å². The van der Waals surface area contributed by atoms with Crippen LogP contribution in [0.1, 0.15) is 36.4 Å². The molecule has 0 radical (unpaired) electrons. The highest BCUT2D eigenvalue weighted by Gasteiger charge is 2.58. The number of allylic oxidation sites excluding steroid dienone is 2. The number of carbonyl (C=O) groups excluding carboxylic acids is 3. The molecular formula is C26H26N2O3. The van der Waals surface area contributed by atoms with Crippen LogP contribution in [0.4, 0.5) is 0 Å². The van der Waals surface area contributed by atoms with E-state index in [0.29, 0.717) is 6.54 Å². The van der Waals surface area contributed by atoms with E-state index in [4.69, 9.17) is 0 Å². The first-order valence-electron chi connectivity index (χ1n) is 11.0. The van der Waals surface area contributed by atoms with Crippen LogP contribution in [0.25, 0.3) is 0 Å². The summed E-state index contributed by atoms with van der Waals surface area (Å²) in [5.41, 5.74) is 1.83. The zero-order chi connectivity index (χ0) is 21.4. The van der Waals surface area contributed by atoms with Crippen molar-refractivity contribution in [1.29, 1.82) is 0 Å². The average Bonchev–Trinajstić information content (AvgIpc) is 3.10. The predicted octanol–water partition coefficient (Wildman–Crippen LogP) is 3.63. The molecular weight excluding hydrogens is 388 g/mol. The number of nitrogens with zero attached hydrogens (tertiary/aromatic N) is 1. The van der Waals surface area contributed by atoms with Gasteiger partial charge >= 0.3 is 0 Å². The average molecular weight is 415 g/mol. The second-order valence-corrected chi connectivity index (χ2v) is 8.78. The standard InChI is InChI=1S/C26H26N2O3/c29-22(27-16-17-7-3-1-4-8-17)15-21(18-9-5-2-6-10-18)28-25(30)23-19-11-12-20(14-13-19)24(23)26(28)31/h1-12,19-21,23-24H,13-16H2,(H,27,29). The van der Waals surface area contributed by atoms with Crippen LogP contribution in [0.15, 0.2) is 72.8 Å². The van der Waals surface area contributed by atoms with Crippen molar-refractivity contribution in [2.75, 3.05) is 0 Å². The Morgan fingerprint density at radius 3 is 1.97 bits per heavy atom. The number of rotatable bonds is 6. The van der Waals surface area contributed by atoms with Crippen molar-refractivity contribution in [2.45, 2.75) is 31.8 Å². The molecule has 5 atom stereocenters. The van der Waals surface area contributed by atoms with Gasteiger partial charge in [-0.1, -0.05) is 72.8 Å². The Morgan fingerprint density at radius 2 is 1.42 bits per heavy atom. The summed E-state index contributed by atoms with van der Waals surface area (Å²) in [5, 5.41) is 2.94. The van der Waals surface area contributed by atoms with Crippen molar-refractivity contribution in [3.8, 4) is 0 Å². The van der Waals surface area contributed by atoms with Crippen LogP contribution >= 0.6 is 0 Å². The summed E-state index contributed by atoms with van der Waals surface area (Å²) in [6.07, 6.45) is 6.23. The molecule has 5 heteroatoms. The first kappa shape index (κ1) is 19.7. The molecule has 3 aliphatic carbocycles. The molecule has 2 aromatic carbocycles. The summed E-state index contributed by atoms with van der Waals surface area (Å²) in [5.74, 6) is -0.656. The molecule has 1 heterocycles. The van der Waals surface area contributed by atoms with Gasteiger partial charge in [-0.05, 0) is 35.8 Å². The smallest absolute Gasteiger partial charge is 0.234 e. The van der Waals surface area contributed by atoms with Crippen LogP contribution in [0.5, 0.6) is 0 Å². The van der Waals surface area contributed by atoms with E-state index in [0.717, 1.165) is 24.0 Å². The van der Waals surface area contributed by atoms with Crippen LogP contribution in [0, 0.1) is 23.7 Å². The lowest BCUT2D eigenvalue weighted by Crippen LogP contribution is -2.38. The van der Waals surface area contributed by atoms with Gasteiger partial charge in [0.1, 0.15) is 0 Å². The first-order chi connectivity index (χ1) is 15.1. The van der Waals surface area contributed by atoms with Crippen molar-refractivity contribution in [3.05, 3.63) is 83.9 Å². The molecule has 1 saturated heterocycles. The highest BCUT2D eigenvalue weighted by atomic mass is 16.2. The third kappa shape index (κ3) is 3.58. The lowest BCUT2D eigenvalue weighted by molar-refractivity contribution is -0.143. The van der Waals surface area contributed by atoms with E-state index < -0.39 is 6.04 Å². The highest BCUT2D eigenvalue weighted by molar-refractivity contribution is 6.06. The van der Waals surface area contributed by atoms with Gasteiger partial charge in [0.25, 0.3) is 0 Å². The summed E-state index contributed by atoms with van der Waals surface area (Å²) in [6, 6.07) is 18.6. The summed E-state index contributed by atoms with van der Waals surface area (Å²) in [6.45, 7) is 0.419. The molecule has 6 rings (SSSR count). The molecule has 2 fully saturated rings. The van der Waals surface area contributed by atoms with E-state index in [1.54, 1.807) is 0 Å². The van der Waals surface area contributed by atoms with Gasteiger partial charge in [-0.2, -0.15) is 0 Å². The van der Waals surface area contributed by atoms with Gasteiger partial charge in [0.05, 0.1) is 24.3 Å². The maximum atomic E-state index is 13.5. The molecule has 2 aromatic rings. The van der Waals surface area contributed by atoms with Gasteiger partial charge in [0, 0.05) is 6.54 Å². The summed E-state index contributed by atoms with van der Waals surface area (Å²) in [4.78, 5) is 41.2. The largest absolute Gasteiger partial charge is 0.352 e. The summed E-state index contributed by atoms with van der Waals surface area (Å²) < 4.78 is 0. The number of benzene rings is 2. The Kier molecular flexibility index (Phi) is 5.18. The van der Waals surface area contributed by atoms with Crippen LogP contribution < -0.4 is 5.32 Å². The zero-order valence-electron chi connectivity index (χ0n) is 17.3. The van der Waals surface area contributed by atoms with Crippen molar-refractivity contribution in [3.63, 3.8) is 0 Å². The fourth-order valence-electron chi connectivity index (χ4n) is 5.48. The zero-order valence-corrected chi connectivity index (χ0v) is 17.3. The minimum absolute atomic E-state index is 0.0660. The maximum Gasteiger partial charge on any atom is 0.234 e. The molecule has 5 nitrogen and oxygen atoms in total. The first-order valence-corrected chi connectivity index (χ1v) is 11.0. The second-order valence-electron chi connectivity index (χ2n) is 8.78. The van der Waals surface area contributed by atoms with Gasteiger partial charge in [0.15, 0.2) is 0 Å². The number of carbonyl (C=O) groups is 3. The minimum Gasteiger partial charge on any atom is -0.352 e. The lowest BCUT2D eigenvalue weighted by atomic mass is 9.63. The van der Waals surface area contributed by atoms with Crippen molar-refractivity contribution in [1.82, 2.24) is 10.2 Å². The fraction of sp³-hybridized carbons (Fsp3) is 0.346. The van der Waals surface area contributed by atoms with Crippen LogP contribution in [-0.2, 0) is 20.9 Å². The number of imide groups is 1. The lowest BCUT2D eigenvalue weighted by Gasteiger charge is -2.38. The predicted molar refractivity (Wildman–Crippen MR) is 116 cm³/mol. The van der Waals surface area contributed by atoms with Gasteiger partial charge < -0.3 is 5.32 Å². The number of nitrogens with one attached hydrogen (secondary N) is 1. The Bertz CT molecular complexity index is 985. The van der Waals surface area contributed by atoms with E-state index in [2.05, 4.69) is 17.5 Å². The number of fused-ring (bicyclic) bond motifs is 1. The molecule has 3 amide bonds. The third-order valence-electron chi connectivity index (χ3n) is 7.00. The Labute approximate surface area is 182 Å². The Balaban J connectivity index is 1.39. The normalized spacial score (nSPS) is 27.3. The number of likely N-dealkylation sites (tertiary alicyclic amines) is 1. The van der Waals surface area contributed by atoms with Crippen LogP contribution in [-0.4, -0.2) is 22.6 Å². The second kappa shape index (κ2) is 8.14. The van der Waals surface area contributed by atoms with Gasteiger partial charge in [-0.3, -0.25) is 19.3 Å². The molecule has 5 unspecified atom stereocenters. The molecule has 158 valence electrons. The Morgan fingerprint density at radius 1 is 0.871 bits per heavy atom. The molecule has 1 saturated carbocycles. The van der Waals surface area contributed by atoms with E-state index in [-0.39, 0.29) is 47.8 Å². The topological polar surface area (TPSA) is 66.5 Å². The highest BCUT2D eigenvalue weighted by Crippen LogP contribution is 2.51. The van der Waals surface area contributed by atoms with Crippen LogP contribution in [0.2, 0.25) is 0 Å². The van der Waals surface area contributed by atoms with E-state index in [1.165, 1.54) is 4.90 Å². The molecule has 0 aromatic heterocycles. The van der Waals surface area contributed by atoms with Gasteiger partial charge in [-0.25, -0.2) is 0 Å². The van der Waals surface area contributed by atoms with Gasteiger partial charge in [-0.15, -0.1) is 0 Å². The number of hydrogen-bond donors (Lipinski definition) is 1. The fourth-order valence-corrected chi connectivity index (χ4v) is 5.48. The van der Waals surface area contributed by atoms with Crippen molar-refractivity contribution < 1.29 is 14.4 Å². The van der Waals surface area contributed by atoms with E-state index >= 15 is 0 Å². The van der Waals surface area contributed by atoms with E-state index in [9.17, 15) is 14.4 Å². The molecule has 0 spiro atoms. The molecule has 4 aliphatic rings. The monoisotopic (exact) mass is 414 g/mol. The van der Waals surface area contributed by atoms with E-state index in [1.807, 2.05) is 60.7 Å². The number of hydrogen-bond acceptors (Lipinski definition) is 3. The summed E-state index contributed by atoms with van der Waals surface area (Å²) in [7, 11) is 0. The summed E-state index contributed by atoms with van der Waals surface area (Å²) >= 11 is 0. The molecule has 2 bridgehead atoms. The maximum absolute atomic E-state index is 13.5. The molecule has 1 aliphatic heterocycles. The Hall–Kier alpha value is -3.21. The quantitative estimate of drug-likeness (QED) is 0.580. The molecule has 31 heavy (non-hydrogen) atoms. The SMILES string of the molecule is O=C(CC(c1ccccc1)N1C(=O)C2C3C=CC(CC3)C2C1=O)NCc1ccccc1. The van der Waals surface area contributed by atoms with Crippen molar-refractivity contribution in [2.24, 2.45) is 23.7 Å². The minimum atomic E-state index is -0.582. The number of amides is 3.